The minimum atomic E-state index is -0.528. The van der Waals surface area contributed by atoms with Gasteiger partial charge in [-0.1, -0.05) is 358 Å². The second-order valence-electron chi connectivity index (χ2n) is 27.3. The Bertz CT molecular complexity index is 2550. The molecule has 0 aromatic heterocycles. The van der Waals surface area contributed by atoms with Crippen molar-refractivity contribution in [3.8, 4) is 45.6 Å². The van der Waals surface area contributed by atoms with E-state index in [2.05, 4.69) is 20.8 Å². The summed E-state index contributed by atoms with van der Waals surface area (Å²) in [6.45, 7) is 8.48. The van der Waals surface area contributed by atoms with Crippen LogP contribution in [0.3, 0.4) is 0 Å². The lowest BCUT2D eigenvalue weighted by atomic mass is 10.0. The van der Waals surface area contributed by atoms with E-state index in [1.165, 1.54) is 270 Å². The summed E-state index contributed by atoms with van der Waals surface area (Å²) in [5.41, 5.74) is 2.48. The van der Waals surface area contributed by atoms with Crippen molar-refractivity contribution in [2.45, 2.75) is 329 Å². The van der Waals surface area contributed by atoms with Crippen LogP contribution in [-0.4, -0.2) is 37.7 Å². The number of hydrogen-bond donors (Lipinski definition) is 0. The summed E-state index contributed by atoms with van der Waals surface area (Å²) in [6, 6.07) is 24.6. The smallest absolute Gasteiger partial charge is 0.343 e. The average molecular weight is 1310 g/mol. The molecule has 4 aromatic carbocycles. The lowest BCUT2D eigenvalue weighted by Gasteiger charge is -2.19. The van der Waals surface area contributed by atoms with Crippen molar-refractivity contribution in [3.05, 3.63) is 120 Å². The molecular formula is C86H130O9. The maximum absolute atomic E-state index is 14.3. The average Bonchev–Trinajstić information content (AvgIpc) is 1.11. The Kier molecular flexibility index (Phi) is 45.6. The number of allylic oxidation sites excluding steroid dienone is 2. The Morgan fingerprint density at radius 1 is 0.284 bits per heavy atom. The fourth-order valence-electron chi connectivity index (χ4n) is 12.7. The Labute approximate surface area is 578 Å². The van der Waals surface area contributed by atoms with Crippen molar-refractivity contribution in [1.82, 2.24) is 0 Å². The quantitative estimate of drug-likeness (QED) is 0.0243. The van der Waals surface area contributed by atoms with Crippen LogP contribution in [0.1, 0.15) is 350 Å². The van der Waals surface area contributed by atoms with Gasteiger partial charge >= 0.3 is 17.9 Å². The van der Waals surface area contributed by atoms with Gasteiger partial charge in [0.05, 0.1) is 36.9 Å². The molecule has 0 unspecified atom stereocenters. The summed E-state index contributed by atoms with van der Waals surface area (Å²) < 4.78 is 37.2. The maximum Gasteiger partial charge on any atom is 0.343 e. The molecule has 5 rings (SSSR count). The molecule has 0 heterocycles. The van der Waals surface area contributed by atoms with Crippen LogP contribution in [0.25, 0.3) is 11.1 Å². The van der Waals surface area contributed by atoms with Gasteiger partial charge in [-0.2, -0.15) is 0 Å². The normalized spacial score (nSPS) is 12.0. The third-order valence-electron chi connectivity index (χ3n) is 18.8. The van der Waals surface area contributed by atoms with E-state index in [9.17, 15) is 14.4 Å². The topological polar surface area (TPSA) is 107 Å². The number of unbranched alkanes of at least 4 members (excludes halogenated alkanes) is 45. The van der Waals surface area contributed by atoms with Crippen molar-refractivity contribution >= 4 is 17.9 Å². The van der Waals surface area contributed by atoms with E-state index >= 15 is 0 Å². The third kappa shape index (κ3) is 37.5. The van der Waals surface area contributed by atoms with Gasteiger partial charge in [-0.15, -0.1) is 0 Å². The minimum absolute atomic E-state index is 0.327. The molecule has 4 aromatic rings. The monoisotopic (exact) mass is 1310 g/mol. The summed E-state index contributed by atoms with van der Waals surface area (Å²) in [5, 5.41) is 0. The molecule has 1 aliphatic rings. The molecule has 9 heteroatoms. The molecule has 0 saturated heterocycles. The first-order valence-corrected chi connectivity index (χ1v) is 39.3. The molecule has 0 fully saturated rings. The Balaban J connectivity index is 1.16. The van der Waals surface area contributed by atoms with Crippen LogP contribution >= 0.6 is 0 Å². The van der Waals surface area contributed by atoms with Gasteiger partial charge in [-0.05, 0) is 91.1 Å². The first-order valence-electron chi connectivity index (χ1n) is 39.3. The van der Waals surface area contributed by atoms with Gasteiger partial charge in [0.2, 0.25) is 5.75 Å². The molecule has 0 spiro atoms. The molecule has 95 heavy (non-hydrogen) atoms. The summed E-state index contributed by atoms with van der Waals surface area (Å²) in [4.78, 5) is 39.7. The van der Waals surface area contributed by atoms with Crippen molar-refractivity contribution in [2.75, 3.05) is 19.8 Å². The predicted octanol–water partition coefficient (Wildman–Crippen LogP) is 26.4. The third-order valence-corrected chi connectivity index (χ3v) is 18.8. The van der Waals surface area contributed by atoms with E-state index in [4.69, 9.17) is 28.4 Å². The molecule has 0 aliphatic heterocycles. The van der Waals surface area contributed by atoms with Gasteiger partial charge in [0.15, 0.2) is 11.5 Å². The largest absolute Gasteiger partial charge is 0.490 e. The number of hydrogen-bond acceptors (Lipinski definition) is 9. The lowest BCUT2D eigenvalue weighted by molar-refractivity contribution is -0.135. The van der Waals surface area contributed by atoms with E-state index in [-0.39, 0.29) is 5.97 Å². The highest BCUT2D eigenvalue weighted by molar-refractivity contribution is 5.93. The summed E-state index contributed by atoms with van der Waals surface area (Å²) in [5.74, 6) is 0.990. The van der Waals surface area contributed by atoms with Crippen LogP contribution in [0.2, 0.25) is 0 Å². The molecule has 0 amide bonds. The van der Waals surface area contributed by atoms with Crippen LogP contribution in [0.4, 0.5) is 0 Å². The molecule has 9 nitrogen and oxygen atoms in total. The summed E-state index contributed by atoms with van der Waals surface area (Å²) in [6.07, 6.45) is 70.0. The van der Waals surface area contributed by atoms with E-state index in [0.717, 1.165) is 49.7 Å². The van der Waals surface area contributed by atoms with Gasteiger partial charge in [-0.3, -0.25) is 4.79 Å². The fourth-order valence-corrected chi connectivity index (χ4v) is 12.7. The zero-order chi connectivity index (χ0) is 67.1. The maximum atomic E-state index is 14.3. The van der Waals surface area contributed by atoms with Gasteiger partial charge < -0.3 is 28.4 Å². The molecule has 0 bridgehead atoms. The number of carbonyl (C=O) groups is 3. The highest BCUT2D eigenvalue weighted by Crippen LogP contribution is 2.40. The number of carbonyl (C=O) groups excluding carboxylic acids is 3. The van der Waals surface area contributed by atoms with Gasteiger partial charge in [0.1, 0.15) is 17.2 Å². The zero-order valence-corrected chi connectivity index (χ0v) is 60.2. The van der Waals surface area contributed by atoms with Gasteiger partial charge in [0.25, 0.3) is 0 Å². The first-order chi connectivity index (χ1) is 46.9. The van der Waals surface area contributed by atoms with Crippen LogP contribution in [0, 0.1) is 5.92 Å². The fraction of sp³-hybridized carbons (Fsp3) is 0.640. The van der Waals surface area contributed by atoms with E-state index in [1.807, 2.05) is 36.4 Å². The molecule has 0 N–H and O–H groups in total. The van der Waals surface area contributed by atoms with Crippen molar-refractivity contribution in [3.63, 3.8) is 0 Å². The number of rotatable bonds is 61. The Hall–Kier alpha value is -5.83. The summed E-state index contributed by atoms with van der Waals surface area (Å²) in [7, 11) is 0. The molecule has 0 radical (unpaired) electrons. The van der Waals surface area contributed by atoms with Gasteiger partial charge in [-0.25, -0.2) is 9.59 Å². The van der Waals surface area contributed by atoms with Gasteiger partial charge in [0, 0.05) is 0 Å². The van der Waals surface area contributed by atoms with E-state index < -0.39 is 17.9 Å². The second kappa shape index (κ2) is 54.2. The van der Waals surface area contributed by atoms with E-state index in [0.29, 0.717) is 65.4 Å². The molecular weight excluding hydrogens is 1180 g/mol. The van der Waals surface area contributed by atoms with Crippen LogP contribution in [-0.2, 0) is 4.79 Å². The molecule has 0 saturated carbocycles. The van der Waals surface area contributed by atoms with E-state index in [1.54, 1.807) is 72.8 Å². The first kappa shape index (κ1) is 79.9. The number of esters is 3. The SMILES string of the molecule is CCCCCCCCCCCCCCCCCCOc1cc(C(=O)Oc2ccc(-c3ccc(OC(=O)c4ccc(OC(=O)C5C=CC=C5)cc4)cc3)cc2)cc(OCCCCCCCCCCCCCCCCCC)c1OCCCCCCCCCCCCCCCCCC. The number of ether oxygens (including phenoxy) is 6. The minimum Gasteiger partial charge on any atom is -0.490 e. The highest BCUT2D eigenvalue weighted by Gasteiger charge is 2.22. The van der Waals surface area contributed by atoms with Crippen LogP contribution in [0.5, 0.6) is 34.5 Å². The van der Waals surface area contributed by atoms with Crippen LogP contribution < -0.4 is 28.4 Å². The zero-order valence-electron chi connectivity index (χ0n) is 60.2. The van der Waals surface area contributed by atoms with Crippen molar-refractivity contribution < 1.29 is 42.8 Å². The number of benzene rings is 4. The lowest BCUT2D eigenvalue weighted by Crippen LogP contribution is -2.16. The Morgan fingerprint density at radius 2 is 0.537 bits per heavy atom. The molecule has 0 atom stereocenters. The van der Waals surface area contributed by atoms with Crippen LogP contribution in [0.15, 0.2) is 109 Å². The second-order valence-corrected chi connectivity index (χ2v) is 27.3. The van der Waals surface area contributed by atoms with Crippen molar-refractivity contribution in [2.24, 2.45) is 5.92 Å². The summed E-state index contributed by atoms with van der Waals surface area (Å²) >= 11 is 0. The molecule has 528 valence electrons. The highest BCUT2D eigenvalue weighted by atomic mass is 16.6. The standard InChI is InChI=1S/C86H130O9/c1-4-7-10-13-16-19-22-25-28-31-34-37-40-43-46-51-68-90-81-71-77(86(89)95-79-64-58-74(59-65-79)73-56-62-78(63-57-73)94-85(88)76-60-66-80(67-61-76)93-84(87)75-54-49-50-55-75)72-82(91-69-52-47-44-41-38-35-32-29-26-23-20-17-14-11-8-5-2)83(81)92-70-53-48-45-42-39-36-33-30-27-24-21-18-15-12-9-6-3/h49-50,54-67,71-72,75H,4-48,51-53,68-70H2,1-3H3. The Morgan fingerprint density at radius 3 is 0.842 bits per heavy atom. The molecule has 1 aliphatic carbocycles. The predicted molar refractivity (Wildman–Crippen MR) is 397 cm³/mol. The van der Waals surface area contributed by atoms with Crippen molar-refractivity contribution in [1.29, 1.82) is 0 Å².